The van der Waals surface area contributed by atoms with Gasteiger partial charge in [-0.2, -0.15) is 0 Å². The van der Waals surface area contributed by atoms with Crippen molar-refractivity contribution in [2.24, 2.45) is 0 Å². The van der Waals surface area contributed by atoms with Crippen LogP contribution < -0.4 is 5.32 Å². The van der Waals surface area contributed by atoms with E-state index in [4.69, 9.17) is 0 Å². The first-order chi connectivity index (χ1) is 10.2. The fraction of sp³-hybridized carbons (Fsp3) is 0.588. The number of aliphatic hydroxyl groups is 1. The first kappa shape index (κ1) is 14.5. The molecule has 0 spiro atoms. The van der Waals surface area contributed by atoms with E-state index in [1.54, 1.807) is 0 Å². The molecule has 1 amide bonds. The molecule has 21 heavy (non-hydrogen) atoms. The van der Waals surface area contributed by atoms with Crippen molar-refractivity contribution >= 4 is 5.91 Å². The van der Waals surface area contributed by atoms with E-state index in [0.29, 0.717) is 6.54 Å². The number of nitrogens with zero attached hydrogens (tertiary/aromatic N) is 1. The van der Waals surface area contributed by atoms with E-state index in [-0.39, 0.29) is 12.5 Å². The molecule has 0 aromatic heterocycles. The summed E-state index contributed by atoms with van der Waals surface area (Å²) in [6.07, 6.45) is 5.27. The monoisotopic (exact) mass is 288 g/mol. The highest BCUT2D eigenvalue weighted by Crippen LogP contribution is 2.36. The number of benzene rings is 1. The minimum Gasteiger partial charge on any atom is -0.394 e. The first-order valence-corrected chi connectivity index (χ1v) is 7.97. The Kier molecular flexibility index (Phi) is 4.27. The van der Waals surface area contributed by atoms with Crippen LogP contribution in [0.5, 0.6) is 0 Å². The maximum absolute atomic E-state index is 12.3. The van der Waals surface area contributed by atoms with Gasteiger partial charge in [-0.15, -0.1) is 0 Å². The van der Waals surface area contributed by atoms with E-state index in [0.717, 1.165) is 44.3 Å². The van der Waals surface area contributed by atoms with Gasteiger partial charge in [0.25, 0.3) is 0 Å². The van der Waals surface area contributed by atoms with Crippen LogP contribution in [-0.2, 0) is 16.8 Å². The fourth-order valence-electron chi connectivity index (χ4n) is 3.59. The van der Waals surface area contributed by atoms with Crippen LogP contribution in [0.15, 0.2) is 24.3 Å². The van der Waals surface area contributed by atoms with E-state index in [9.17, 15) is 9.90 Å². The number of likely N-dealkylation sites (tertiary alicyclic amines) is 1. The smallest absolute Gasteiger partial charge is 0.236 e. The molecule has 1 atom stereocenters. The quantitative estimate of drug-likeness (QED) is 0.881. The number of carbonyl (C=O) groups is 1. The molecule has 3 rings (SSSR count). The van der Waals surface area contributed by atoms with Gasteiger partial charge in [0.15, 0.2) is 0 Å². The summed E-state index contributed by atoms with van der Waals surface area (Å²) < 4.78 is 0. The molecule has 1 aromatic rings. The fourth-order valence-corrected chi connectivity index (χ4v) is 3.59. The minimum atomic E-state index is -0.442. The summed E-state index contributed by atoms with van der Waals surface area (Å²) in [6, 6.07) is 8.21. The van der Waals surface area contributed by atoms with Crippen molar-refractivity contribution in [3.63, 3.8) is 0 Å². The molecule has 0 saturated carbocycles. The largest absolute Gasteiger partial charge is 0.394 e. The molecule has 4 nitrogen and oxygen atoms in total. The summed E-state index contributed by atoms with van der Waals surface area (Å²) >= 11 is 0. The summed E-state index contributed by atoms with van der Waals surface area (Å²) in [6.45, 7) is 2.11. The van der Waals surface area contributed by atoms with Gasteiger partial charge in [0.05, 0.1) is 18.7 Å². The first-order valence-electron chi connectivity index (χ1n) is 7.97. The van der Waals surface area contributed by atoms with Gasteiger partial charge >= 0.3 is 0 Å². The molecule has 2 N–H and O–H groups in total. The third-order valence-corrected chi connectivity index (χ3v) is 4.91. The molecule has 1 aliphatic carbocycles. The average molecular weight is 288 g/mol. The molecule has 2 aliphatic rings. The Balaban J connectivity index is 1.67. The third-order valence-electron chi connectivity index (χ3n) is 4.91. The molecular weight excluding hydrogens is 264 g/mol. The average Bonchev–Trinajstić information content (AvgIpc) is 2.93. The summed E-state index contributed by atoms with van der Waals surface area (Å²) in [7, 11) is 0. The van der Waals surface area contributed by atoms with E-state index in [1.165, 1.54) is 12.0 Å². The molecule has 0 radical (unpaired) electrons. The van der Waals surface area contributed by atoms with Gasteiger partial charge in [0.2, 0.25) is 5.91 Å². The van der Waals surface area contributed by atoms with Crippen molar-refractivity contribution in [3.05, 3.63) is 35.4 Å². The van der Waals surface area contributed by atoms with Crippen LogP contribution in [0.3, 0.4) is 0 Å². The highest BCUT2D eigenvalue weighted by Gasteiger charge is 2.38. The number of aliphatic hydroxyl groups excluding tert-OH is 1. The number of piperidine rings is 1. The number of aryl methyl sites for hydroxylation is 1. The van der Waals surface area contributed by atoms with Crippen LogP contribution in [0.1, 0.15) is 36.8 Å². The van der Waals surface area contributed by atoms with Gasteiger partial charge in [0, 0.05) is 13.1 Å². The van der Waals surface area contributed by atoms with Gasteiger partial charge in [-0.3, -0.25) is 10.1 Å². The van der Waals surface area contributed by atoms with E-state index in [1.807, 2.05) is 17.0 Å². The van der Waals surface area contributed by atoms with Crippen LogP contribution in [0.4, 0.5) is 0 Å². The third kappa shape index (κ3) is 2.83. The molecule has 1 unspecified atom stereocenters. The summed E-state index contributed by atoms with van der Waals surface area (Å²) in [5.74, 6) is 0.159. The Hall–Kier alpha value is -1.39. The van der Waals surface area contributed by atoms with Crippen molar-refractivity contribution in [1.82, 2.24) is 10.2 Å². The Morgan fingerprint density at radius 1 is 1.24 bits per heavy atom. The Morgan fingerprint density at radius 2 is 2.00 bits per heavy atom. The summed E-state index contributed by atoms with van der Waals surface area (Å²) in [5, 5.41) is 13.3. The molecule has 114 valence electrons. The van der Waals surface area contributed by atoms with E-state index in [2.05, 4.69) is 17.4 Å². The summed E-state index contributed by atoms with van der Waals surface area (Å²) in [5.41, 5.74) is 1.99. The van der Waals surface area contributed by atoms with Crippen molar-refractivity contribution in [2.75, 3.05) is 26.2 Å². The number of amides is 1. The van der Waals surface area contributed by atoms with E-state index >= 15 is 0 Å². The second kappa shape index (κ2) is 6.16. The predicted molar refractivity (Wildman–Crippen MR) is 82.0 cm³/mol. The Labute approximate surface area is 126 Å². The van der Waals surface area contributed by atoms with Crippen LogP contribution in [-0.4, -0.2) is 42.2 Å². The van der Waals surface area contributed by atoms with Crippen molar-refractivity contribution in [2.45, 2.75) is 37.6 Å². The van der Waals surface area contributed by atoms with Gasteiger partial charge < -0.3 is 10.0 Å². The van der Waals surface area contributed by atoms with Gasteiger partial charge in [0.1, 0.15) is 0 Å². The topological polar surface area (TPSA) is 52.6 Å². The second-order valence-electron chi connectivity index (χ2n) is 6.19. The lowest BCUT2D eigenvalue weighted by atomic mass is 9.92. The highest BCUT2D eigenvalue weighted by molar-refractivity contribution is 5.78. The molecule has 1 aromatic carbocycles. The molecule has 1 fully saturated rings. The van der Waals surface area contributed by atoms with Crippen molar-refractivity contribution in [1.29, 1.82) is 0 Å². The number of rotatable bonds is 4. The maximum atomic E-state index is 12.3. The molecule has 1 heterocycles. The minimum absolute atomic E-state index is 0.0390. The maximum Gasteiger partial charge on any atom is 0.236 e. The number of carbonyl (C=O) groups excluding carboxylic acids is 1. The van der Waals surface area contributed by atoms with Gasteiger partial charge in [-0.1, -0.05) is 24.3 Å². The summed E-state index contributed by atoms with van der Waals surface area (Å²) in [4.78, 5) is 14.3. The molecule has 0 bridgehead atoms. The zero-order valence-corrected chi connectivity index (χ0v) is 12.5. The standard InChI is InChI=1S/C17H24N2O2/c20-13-17(9-8-14-6-2-3-7-15(14)17)18-12-16(21)19-10-4-1-5-11-19/h2-3,6-7,18,20H,1,4-5,8-13H2. The predicted octanol–water partition coefficient (Wildman–Crippen LogP) is 1.42. The molecule has 1 aliphatic heterocycles. The zero-order chi connectivity index (χ0) is 14.7. The van der Waals surface area contributed by atoms with Crippen molar-refractivity contribution < 1.29 is 9.90 Å². The SMILES string of the molecule is O=C(CNC1(CO)CCc2ccccc21)N1CCCCC1. The molecular formula is C17H24N2O2. The second-order valence-corrected chi connectivity index (χ2v) is 6.19. The Bertz CT molecular complexity index is 511. The van der Waals surface area contributed by atoms with Crippen LogP contribution in [0.25, 0.3) is 0 Å². The lowest BCUT2D eigenvalue weighted by molar-refractivity contribution is -0.131. The lowest BCUT2D eigenvalue weighted by Crippen LogP contribution is -2.49. The van der Waals surface area contributed by atoms with Crippen LogP contribution in [0.2, 0.25) is 0 Å². The zero-order valence-electron chi connectivity index (χ0n) is 12.5. The van der Waals surface area contributed by atoms with Gasteiger partial charge in [-0.25, -0.2) is 0 Å². The lowest BCUT2D eigenvalue weighted by Gasteiger charge is -2.32. The number of nitrogens with one attached hydrogen (secondary N) is 1. The van der Waals surface area contributed by atoms with Crippen LogP contribution >= 0.6 is 0 Å². The van der Waals surface area contributed by atoms with Crippen LogP contribution in [0, 0.1) is 0 Å². The van der Waals surface area contributed by atoms with Gasteiger partial charge in [-0.05, 0) is 43.2 Å². The number of hydrogen-bond acceptors (Lipinski definition) is 3. The molecule has 4 heteroatoms. The van der Waals surface area contributed by atoms with E-state index < -0.39 is 5.54 Å². The normalized spacial score (nSPS) is 24.9. The number of hydrogen-bond donors (Lipinski definition) is 2. The van der Waals surface area contributed by atoms with Crippen molar-refractivity contribution in [3.8, 4) is 0 Å². The number of fused-ring (bicyclic) bond motifs is 1. The highest BCUT2D eigenvalue weighted by atomic mass is 16.3. The molecule has 1 saturated heterocycles. The Morgan fingerprint density at radius 3 is 2.76 bits per heavy atom.